The van der Waals surface area contributed by atoms with Crippen LogP contribution in [0.15, 0.2) is 5.38 Å². The number of aryl methyl sites for hydroxylation is 1. The zero-order valence-corrected chi connectivity index (χ0v) is 12.6. The van der Waals surface area contributed by atoms with Gasteiger partial charge >= 0.3 is 5.97 Å². The van der Waals surface area contributed by atoms with E-state index in [4.69, 9.17) is 5.11 Å². The van der Waals surface area contributed by atoms with Crippen LogP contribution in [0, 0.1) is 0 Å². The number of rotatable bonds is 10. The SMILES string of the molecule is CCCCCCC(C)Nc1nc(CCC(=O)O)cs1. The zero-order chi connectivity index (χ0) is 14.1. The van der Waals surface area contributed by atoms with Crippen LogP contribution in [0.5, 0.6) is 0 Å². The van der Waals surface area contributed by atoms with Gasteiger partial charge in [-0.1, -0.05) is 32.6 Å². The van der Waals surface area contributed by atoms with Crippen LogP contribution < -0.4 is 5.32 Å². The molecule has 1 rings (SSSR count). The van der Waals surface area contributed by atoms with E-state index in [9.17, 15) is 4.79 Å². The summed E-state index contributed by atoms with van der Waals surface area (Å²) in [6.07, 6.45) is 6.94. The second-order valence-corrected chi connectivity index (χ2v) is 5.79. The summed E-state index contributed by atoms with van der Waals surface area (Å²) in [4.78, 5) is 14.9. The lowest BCUT2D eigenvalue weighted by Crippen LogP contribution is -2.14. The molecule has 1 aromatic rings. The molecular weight excluding hydrogens is 260 g/mol. The lowest BCUT2D eigenvalue weighted by atomic mass is 10.1. The van der Waals surface area contributed by atoms with Gasteiger partial charge in [-0.25, -0.2) is 4.98 Å². The number of unbranched alkanes of at least 4 members (excludes halogenated alkanes) is 3. The summed E-state index contributed by atoms with van der Waals surface area (Å²) < 4.78 is 0. The highest BCUT2D eigenvalue weighted by atomic mass is 32.1. The Kier molecular flexibility index (Phi) is 7.48. The normalized spacial score (nSPS) is 12.3. The number of thiazole rings is 1. The van der Waals surface area contributed by atoms with Gasteiger partial charge in [0, 0.05) is 17.8 Å². The molecule has 0 radical (unpaired) electrons. The van der Waals surface area contributed by atoms with E-state index in [1.54, 1.807) is 11.3 Å². The standard InChI is InChI=1S/C14H24N2O2S/c1-3-4-5-6-7-11(2)15-14-16-12(10-19-14)8-9-13(17)18/h10-11H,3-9H2,1-2H3,(H,15,16)(H,17,18). The Hall–Kier alpha value is -1.10. The minimum absolute atomic E-state index is 0.149. The monoisotopic (exact) mass is 284 g/mol. The number of carboxylic acid groups (broad SMARTS) is 1. The first-order chi connectivity index (χ1) is 9.11. The lowest BCUT2D eigenvalue weighted by Gasteiger charge is -2.12. The molecule has 0 aliphatic heterocycles. The Morgan fingerprint density at radius 2 is 2.26 bits per heavy atom. The van der Waals surface area contributed by atoms with Crippen molar-refractivity contribution in [2.45, 2.75) is 64.8 Å². The van der Waals surface area contributed by atoms with E-state index < -0.39 is 5.97 Å². The van der Waals surface area contributed by atoms with Crippen molar-refractivity contribution >= 4 is 22.4 Å². The maximum absolute atomic E-state index is 10.5. The fraction of sp³-hybridized carbons (Fsp3) is 0.714. The summed E-state index contributed by atoms with van der Waals surface area (Å²) >= 11 is 1.56. The molecule has 1 aromatic heterocycles. The van der Waals surface area contributed by atoms with E-state index in [0.29, 0.717) is 12.5 Å². The van der Waals surface area contributed by atoms with E-state index in [0.717, 1.165) is 17.2 Å². The quantitative estimate of drug-likeness (QED) is 0.639. The minimum Gasteiger partial charge on any atom is -0.481 e. The van der Waals surface area contributed by atoms with E-state index in [2.05, 4.69) is 24.1 Å². The van der Waals surface area contributed by atoms with Gasteiger partial charge in [0.1, 0.15) is 0 Å². The molecule has 0 aliphatic carbocycles. The van der Waals surface area contributed by atoms with E-state index >= 15 is 0 Å². The highest BCUT2D eigenvalue weighted by Gasteiger charge is 2.07. The highest BCUT2D eigenvalue weighted by molar-refractivity contribution is 7.13. The van der Waals surface area contributed by atoms with Crippen LogP contribution in [0.1, 0.15) is 58.1 Å². The van der Waals surface area contributed by atoms with Crippen molar-refractivity contribution in [1.29, 1.82) is 0 Å². The van der Waals surface area contributed by atoms with Crippen molar-refractivity contribution in [3.05, 3.63) is 11.1 Å². The molecule has 0 saturated heterocycles. The first-order valence-electron chi connectivity index (χ1n) is 7.04. The molecule has 0 aliphatic rings. The second-order valence-electron chi connectivity index (χ2n) is 4.93. The third kappa shape index (κ3) is 7.15. The molecule has 0 saturated carbocycles. The van der Waals surface area contributed by atoms with Gasteiger partial charge in [-0.05, 0) is 13.3 Å². The van der Waals surface area contributed by atoms with Crippen LogP contribution in [-0.4, -0.2) is 22.1 Å². The number of nitrogens with zero attached hydrogens (tertiary/aromatic N) is 1. The highest BCUT2D eigenvalue weighted by Crippen LogP contribution is 2.19. The Balaban J connectivity index is 2.26. The largest absolute Gasteiger partial charge is 0.481 e. The lowest BCUT2D eigenvalue weighted by molar-refractivity contribution is -0.136. The predicted octanol–water partition coefficient (Wildman–Crippen LogP) is 3.93. The Morgan fingerprint density at radius 1 is 1.47 bits per heavy atom. The van der Waals surface area contributed by atoms with Crippen molar-refractivity contribution in [3.8, 4) is 0 Å². The topological polar surface area (TPSA) is 62.2 Å². The average Bonchev–Trinajstić information content (AvgIpc) is 2.80. The minimum atomic E-state index is -0.771. The van der Waals surface area contributed by atoms with Gasteiger partial charge in [-0.2, -0.15) is 0 Å². The summed E-state index contributed by atoms with van der Waals surface area (Å²) in [6.45, 7) is 4.39. The van der Waals surface area contributed by atoms with Gasteiger partial charge in [0.2, 0.25) is 0 Å². The van der Waals surface area contributed by atoms with E-state index in [1.807, 2.05) is 5.38 Å². The number of nitrogens with one attached hydrogen (secondary N) is 1. The van der Waals surface area contributed by atoms with Gasteiger partial charge in [-0.3, -0.25) is 4.79 Å². The molecule has 4 nitrogen and oxygen atoms in total. The Morgan fingerprint density at radius 3 is 2.95 bits per heavy atom. The molecule has 0 fully saturated rings. The molecule has 19 heavy (non-hydrogen) atoms. The van der Waals surface area contributed by atoms with Gasteiger partial charge in [0.05, 0.1) is 12.1 Å². The third-order valence-corrected chi connectivity index (χ3v) is 3.83. The maximum Gasteiger partial charge on any atom is 0.303 e. The summed E-state index contributed by atoms with van der Waals surface area (Å²) in [5.41, 5.74) is 0.869. The molecular formula is C14H24N2O2S. The average molecular weight is 284 g/mol. The summed E-state index contributed by atoms with van der Waals surface area (Å²) in [5.74, 6) is -0.771. The number of hydrogen-bond donors (Lipinski definition) is 2. The number of aromatic nitrogens is 1. The molecule has 0 bridgehead atoms. The first-order valence-corrected chi connectivity index (χ1v) is 7.92. The second kappa shape index (κ2) is 8.91. The molecule has 108 valence electrons. The van der Waals surface area contributed by atoms with Crippen LogP contribution in [0.25, 0.3) is 0 Å². The van der Waals surface area contributed by atoms with Crippen molar-refractivity contribution < 1.29 is 9.90 Å². The Labute approximate surface area is 119 Å². The molecule has 1 heterocycles. The van der Waals surface area contributed by atoms with Crippen LogP contribution in [-0.2, 0) is 11.2 Å². The number of aliphatic carboxylic acids is 1. The van der Waals surface area contributed by atoms with E-state index in [-0.39, 0.29) is 6.42 Å². The molecule has 0 aromatic carbocycles. The summed E-state index contributed by atoms with van der Waals surface area (Å²) in [6, 6.07) is 0.426. The molecule has 0 amide bonds. The first kappa shape index (κ1) is 16.0. The fourth-order valence-corrected chi connectivity index (χ4v) is 2.74. The molecule has 1 unspecified atom stereocenters. The summed E-state index contributed by atoms with van der Waals surface area (Å²) in [5, 5.41) is 14.9. The molecule has 0 spiro atoms. The van der Waals surface area contributed by atoms with Crippen LogP contribution in [0.2, 0.25) is 0 Å². The number of carbonyl (C=O) groups is 1. The molecule has 1 atom stereocenters. The van der Waals surface area contributed by atoms with Gasteiger partial charge in [0.15, 0.2) is 5.13 Å². The third-order valence-electron chi connectivity index (χ3n) is 3.01. The van der Waals surface area contributed by atoms with Gasteiger partial charge < -0.3 is 10.4 Å². The summed E-state index contributed by atoms with van der Waals surface area (Å²) in [7, 11) is 0. The zero-order valence-electron chi connectivity index (χ0n) is 11.8. The van der Waals surface area contributed by atoms with Crippen LogP contribution >= 0.6 is 11.3 Å². The Bertz CT molecular complexity index is 379. The van der Waals surface area contributed by atoms with Gasteiger partial charge in [0.25, 0.3) is 0 Å². The van der Waals surface area contributed by atoms with Crippen molar-refractivity contribution in [1.82, 2.24) is 4.98 Å². The van der Waals surface area contributed by atoms with E-state index in [1.165, 1.54) is 25.7 Å². The number of carboxylic acids is 1. The predicted molar refractivity (Wildman–Crippen MR) is 79.9 cm³/mol. The van der Waals surface area contributed by atoms with Crippen LogP contribution in [0.4, 0.5) is 5.13 Å². The van der Waals surface area contributed by atoms with Crippen LogP contribution in [0.3, 0.4) is 0 Å². The van der Waals surface area contributed by atoms with Gasteiger partial charge in [-0.15, -0.1) is 11.3 Å². The van der Waals surface area contributed by atoms with Crippen molar-refractivity contribution in [2.24, 2.45) is 0 Å². The molecule has 2 N–H and O–H groups in total. The number of hydrogen-bond acceptors (Lipinski definition) is 4. The fourth-order valence-electron chi connectivity index (χ4n) is 1.88. The van der Waals surface area contributed by atoms with Crippen molar-refractivity contribution in [3.63, 3.8) is 0 Å². The van der Waals surface area contributed by atoms with Crippen molar-refractivity contribution in [2.75, 3.05) is 5.32 Å². The smallest absolute Gasteiger partial charge is 0.303 e. The maximum atomic E-state index is 10.5. The molecule has 5 heteroatoms. The number of anilines is 1.